The Morgan fingerprint density at radius 3 is 2.65 bits per heavy atom. The minimum atomic E-state index is -0.287. The smallest absolute Gasteiger partial charge is 0.271 e. The third-order valence-electron chi connectivity index (χ3n) is 3.81. The number of benzene rings is 2. The molecule has 2 aromatic carbocycles. The van der Waals surface area contributed by atoms with Crippen LogP contribution in [-0.4, -0.2) is 23.0 Å². The van der Waals surface area contributed by atoms with Crippen LogP contribution in [0.15, 0.2) is 60.9 Å². The van der Waals surface area contributed by atoms with E-state index in [1.807, 2.05) is 55.5 Å². The van der Waals surface area contributed by atoms with Crippen LogP contribution in [0.1, 0.15) is 21.6 Å². The zero-order chi connectivity index (χ0) is 18.4. The van der Waals surface area contributed by atoms with Gasteiger partial charge in [-0.25, -0.2) is 9.97 Å². The van der Waals surface area contributed by atoms with Crippen molar-refractivity contribution >= 4 is 17.4 Å². The average molecular weight is 348 g/mol. The number of ether oxygens (including phenoxy) is 1. The number of nitrogens with zero attached hydrogens (tertiary/aromatic N) is 2. The predicted molar refractivity (Wildman–Crippen MR) is 101 cm³/mol. The second-order valence-corrected chi connectivity index (χ2v) is 5.78. The Hall–Kier alpha value is -3.41. The van der Waals surface area contributed by atoms with Crippen molar-refractivity contribution in [2.24, 2.45) is 0 Å². The molecule has 1 aromatic heterocycles. The Balaban J connectivity index is 1.61. The first kappa shape index (κ1) is 17.4. The van der Waals surface area contributed by atoms with E-state index in [2.05, 4.69) is 20.6 Å². The van der Waals surface area contributed by atoms with Gasteiger partial charge in [0.1, 0.15) is 17.3 Å². The topological polar surface area (TPSA) is 76.1 Å². The molecule has 0 atom stereocenters. The van der Waals surface area contributed by atoms with Crippen LogP contribution in [0.3, 0.4) is 0 Å². The molecule has 0 aliphatic heterocycles. The van der Waals surface area contributed by atoms with Crippen molar-refractivity contribution in [3.8, 4) is 5.75 Å². The summed E-state index contributed by atoms with van der Waals surface area (Å²) in [6.07, 6.45) is 3.00. The van der Waals surface area contributed by atoms with E-state index >= 15 is 0 Å². The molecule has 0 unspecified atom stereocenters. The lowest BCUT2D eigenvalue weighted by Crippen LogP contribution is -2.24. The molecule has 3 rings (SSSR count). The van der Waals surface area contributed by atoms with Gasteiger partial charge in [-0.2, -0.15) is 0 Å². The number of anilines is 2. The molecule has 1 amide bonds. The number of carbonyl (C=O) groups is 1. The van der Waals surface area contributed by atoms with E-state index < -0.39 is 0 Å². The van der Waals surface area contributed by atoms with Crippen molar-refractivity contribution in [3.05, 3.63) is 77.7 Å². The van der Waals surface area contributed by atoms with Gasteiger partial charge in [-0.05, 0) is 30.7 Å². The number of rotatable bonds is 6. The van der Waals surface area contributed by atoms with Crippen LogP contribution < -0.4 is 15.4 Å². The van der Waals surface area contributed by atoms with E-state index in [0.29, 0.717) is 12.4 Å². The summed E-state index contributed by atoms with van der Waals surface area (Å²) in [5.41, 5.74) is 3.23. The molecule has 6 nitrogen and oxygen atoms in total. The monoisotopic (exact) mass is 348 g/mol. The largest absolute Gasteiger partial charge is 0.496 e. The first-order valence-corrected chi connectivity index (χ1v) is 8.21. The van der Waals surface area contributed by atoms with Gasteiger partial charge >= 0.3 is 0 Å². The zero-order valence-corrected chi connectivity index (χ0v) is 14.7. The SMILES string of the molecule is COc1ccccc1CNC(=O)c1cnc(Nc2cccc(C)c2)cn1. The van der Waals surface area contributed by atoms with Crippen molar-refractivity contribution in [1.82, 2.24) is 15.3 Å². The molecule has 3 aromatic rings. The molecule has 26 heavy (non-hydrogen) atoms. The third-order valence-corrected chi connectivity index (χ3v) is 3.81. The standard InChI is InChI=1S/C20H20N4O2/c1-14-6-5-8-16(10-14)24-19-13-21-17(12-22-19)20(25)23-11-15-7-3-4-9-18(15)26-2/h3-10,12-13H,11H2,1-2H3,(H,22,24)(H,23,25). The molecule has 1 heterocycles. The molecule has 0 saturated carbocycles. The lowest BCUT2D eigenvalue weighted by atomic mass is 10.2. The van der Waals surface area contributed by atoms with Gasteiger partial charge in [0.25, 0.3) is 5.91 Å². The fraction of sp³-hybridized carbons (Fsp3) is 0.150. The number of hydrogen-bond acceptors (Lipinski definition) is 5. The minimum absolute atomic E-state index is 0.259. The summed E-state index contributed by atoms with van der Waals surface area (Å²) in [6, 6.07) is 15.5. The summed E-state index contributed by atoms with van der Waals surface area (Å²) in [7, 11) is 1.60. The molecule has 0 fully saturated rings. The Morgan fingerprint density at radius 2 is 1.92 bits per heavy atom. The Bertz CT molecular complexity index is 894. The van der Waals surface area contributed by atoms with Gasteiger partial charge in [-0.15, -0.1) is 0 Å². The van der Waals surface area contributed by atoms with Crippen molar-refractivity contribution in [3.63, 3.8) is 0 Å². The molecule has 2 N–H and O–H groups in total. The molecular weight excluding hydrogens is 328 g/mol. The molecule has 0 saturated heterocycles. The Kier molecular flexibility index (Phi) is 5.43. The molecule has 0 aliphatic rings. The first-order chi connectivity index (χ1) is 12.7. The highest BCUT2D eigenvalue weighted by atomic mass is 16.5. The van der Waals surface area contributed by atoms with Crippen molar-refractivity contribution in [2.75, 3.05) is 12.4 Å². The molecule has 6 heteroatoms. The number of aromatic nitrogens is 2. The Labute approximate surface area is 152 Å². The summed E-state index contributed by atoms with van der Waals surface area (Å²) >= 11 is 0. The van der Waals surface area contributed by atoms with E-state index in [1.54, 1.807) is 13.3 Å². The first-order valence-electron chi connectivity index (χ1n) is 8.21. The van der Waals surface area contributed by atoms with Crippen LogP contribution >= 0.6 is 0 Å². The maximum Gasteiger partial charge on any atom is 0.271 e. The minimum Gasteiger partial charge on any atom is -0.496 e. The van der Waals surface area contributed by atoms with Gasteiger partial charge in [-0.3, -0.25) is 4.79 Å². The normalized spacial score (nSPS) is 10.2. The van der Waals surface area contributed by atoms with Gasteiger partial charge in [0, 0.05) is 17.8 Å². The number of para-hydroxylation sites is 1. The maximum absolute atomic E-state index is 12.3. The van der Waals surface area contributed by atoms with Gasteiger partial charge in [-0.1, -0.05) is 30.3 Å². The van der Waals surface area contributed by atoms with Crippen LogP contribution in [0, 0.1) is 6.92 Å². The molecule has 0 bridgehead atoms. The fourth-order valence-electron chi connectivity index (χ4n) is 2.50. The molecular formula is C20H20N4O2. The van der Waals surface area contributed by atoms with Crippen LogP contribution in [0.2, 0.25) is 0 Å². The van der Waals surface area contributed by atoms with Crippen LogP contribution in [0.4, 0.5) is 11.5 Å². The predicted octanol–water partition coefficient (Wildman–Crippen LogP) is 3.47. The second kappa shape index (κ2) is 8.11. The highest BCUT2D eigenvalue weighted by Gasteiger charge is 2.09. The van der Waals surface area contributed by atoms with Crippen LogP contribution in [0.25, 0.3) is 0 Å². The average Bonchev–Trinajstić information content (AvgIpc) is 2.67. The summed E-state index contributed by atoms with van der Waals surface area (Å²) in [5.74, 6) is 1.03. The fourth-order valence-corrected chi connectivity index (χ4v) is 2.50. The van der Waals surface area contributed by atoms with Gasteiger partial charge in [0.15, 0.2) is 0 Å². The van der Waals surface area contributed by atoms with E-state index in [9.17, 15) is 4.79 Å². The number of nitrogens with one attached hydrogen (secondary N) is 2. The van der Waals surface area contributed by atoms with E-state index in [0.717, 1.165) is 22.6 Å². The quantitative estimate of drug-likeness (QED) is 0.713. The number of carbonyl (C=O) groups excluding carboxylic acids is 1. The van der Waals surface area contributed by atoms with E-state index in [-0.39, 0.29) is 11.6 Å². The maximum atomic E-state index is 12.3. The molecule has 0 spiro atoms. The highest BCUT2D eigenvalue weighted by Crippen LogP contribution is 2.17. The van der Waals surface area contributed by atoms with E-state index in [4.69, 9.17) is 4.74 Å². The third kappa shape index (κ3) is 4.36. The summed E-state index contributed by atoms with van der Waals surface area (Å²) < 4.78 is 5.28. The Morgan fingerprint density at radius 1 is 1.08 bits per heavy atom. The summed E-state index contributed by atoms with van der Waals surface area (Å²) in [6.45, 7) is 2.37. The summed E-state index contributed by atoms with van der Waals surface area (Å²) in [5, 5.41) is 5.99. The van der Waals surface area contributed by atoms with Crippen molar-refractivity contribution in [2.45, 2.75) is 13.5 Å². The zero-order valence-electron chi connectivity index (χ0n) is 14.7. The lowest BCUT2D eigenvalue weighted by Gasteiger charge is -2.09. The van der Waals surface area contributed by atoms with Crippen LogP contribution in [0.5, 0.6) is 5.75 Å². The number of hydrogen-bond donors (Lipinski definition) is 2. The number of methoxy groups -OCH3 is 1. The van der Waals surface area contributed by atoms with Gasteiger partial charge < -0.3 is 15.4 Å². The highest BCUT2D eigenvalue weighted by molar-refractivity contribution is 5.92. The molecule has 0 radical (unpaired) electrons. The van der Waals surface area contributed by atoms with Gasteiger partial charge in [0.2, 0.25) is 0 Å². The van der Waals surface area contributed by atoms with E-state index in [1.165, 1.54) is 6.20 Å². The van der Waals surface area contributed by atoms with Crippen molar-refractivity contribution in [1.29, 1.82) is 0 Å². The number of aryl methyl sites for hydroxylation is 1. The van der Waals surface area contributed by atoms with Crippen molar-refractivity contribution < 1.29 is 9.53 Å². The number of amides is 1. The lowest BCUT2D eigenvalue weighted by molar-refractivity contribution is 0.0945. The molecule has 132 valence electrons. The second-order valence-electron chi connectivity index (χ2n) is 5.78. The van der Waals surface area contributed by atoms with Gasteiger partial charge in [0.05, 0.1) is 19.5 Å². The van der Waals surface area contributed by atoms with Crippen LogP contribution in [-0.2, 0) is 6.54 Å². The summed E-state index contributed by atoms with van der Waals surface area (Å²) in [4.78, 5) is 20.7. The molecule has 0 aliphatic carbocycles.